The van der Waals surface area contributed by atoms with Gasteiger partial charge in [0.25, 0.3) is 0 Å². The van der Waals surface area contributed by atoms with Gasteiger partial charge in [-0.15, -0.1) is 0 Å². The summed E-state index contributed by atoms with van der Waals surface area (Å²) in [5, 5.41) is 21.4. The molecule has 1 aliphatic heterocycles. The molecule has 8 heteroatoms. The van der Waals surface area contributed by atoms with Crippen molar-refractivity contribution in [1.82, 2.24) is 4.90 Å². The molecule has 40 heavy (non-hydrogen) atoms. The molecule has 1 fully saturated rings. The summed E-state index contributed by atoms with van der Waals surface area (Å²) in [7, 11) is 0. The largest absolute Gasteiger partial charge is 0.478 e. The average molecular weight is 538 g/mol. The number of carbonyl (C=O) groups excluding carboxylic acids is 1. The number of aryl methyl sites for hydroxylation is 1. The Hall–Kier alpha value is -4.69. The van der Waals surface area contributed by atoms with E-state index in [1.807, 2.05) is 42.5 Å². The highest BCUT2D eigenvalue weighted by Gasteiger charge is 2.25. The fraction of sp³-hybridized carbons (Fsp3) is 0.219. The Morgan fingerprint density at radius 2 is 1.45 bits per heavy atom. The van der Waals surface area contributed by atoms with Gasteiger partial charge in [0.05, 0.1) is 11.1 Å². The van der Waals surface area contributed by atoms with Crippen molar-refractivity contribution in [2.45, 2.75) is 12.8 Å². The number of carbonyl (C=O) groups is 3. The lowest BCUT2D eigenvalue weighted by Crippen LogP contribution is -2.47. The van der Waals surface area contributed by atoms with Gasteiger partial charge >= 0.3 is 11.9 Å². The topological polar surface area (TPSA) is 110 Å². The number of fused-ring (bicyclic) bond motifs is 1. The van der Waals surface area contributed by atoms with Gasteiger partial charge in [-0.3, -0.25) is 9.69 Å². The van der Waals surface area contributed by atoms with Crippen molar-refractivity contribution in [1.29, 1.82) is 0 Å². The molecule has 0 unspecified atom stereocenters. The van der Waals surface area contributed by atoms with Crippen LogP contribution in [0.1, 0.15) is 43.8 Å². The number of hydrogen-bond acceptors (Lipinski definition) is 5. The molecule has 1 aliphatic carbocycles. The first-order valence-corrected chi connectivity index (χ1v) is 13.3. The number of anilines is 2. The van der Waals surface area contributed by atoms with Crippen LogP contribution in [0.25, 0.3) is 5.57 Å². The van der Waals surface area contributed by atoms with Crippen molar-refractivity contribution in [3.63, 3.8) is 0 Å². The zero-order valence-corrected chi connectivity index (χ0v) is 22.1. The monoisotopic (exact) mass is 537 g/mol. The first-order valence-electron chi connectivity index (χ1n) is 13.3. The molecule has 0 aromatic heterocycles. The number of benzene rings is 3. The van der Waals surface area contributed by atoms with E-state index in [-0.39, 0.29) is 17.0 Å². The highest BCUT2D eigenvalue weighted by Crippen LogP contribution is 2.38. The molecule has 1 amide bonds. The molecule has 8 nitrogen and oxygen atoms in total. The lowest BCUT2D eigenvalue weighted by Gasteiger charge is -2.37. The van der Waals surface area contributed by atoms with Crippen molar-refractivity contribution >= 4 is 34.8 Å². The molecule has 3 aromatic rings. The van der Waals surface area contributed by atoms with E-state index in [1.54, 1.807) is 24.3 Å². The second-order valence-corrected chi connectivity index (χ2v) is 10.0. The number of aromatic carboxylic acids is 2. The van der Waals surface area contributed by atoms with Crippen molar-refractivity contribution in [2.75, 3.05) is 42.9 Å². The maximum absolute atomic E-state index is 11.8. The number of amides is 1. The van der Waals surface area contributed by atoms with Gasteiger partial charge < -0.3 is 20.4 Å². The second-order valence-electron chi connectivity index (χ2n) is 10.0. The minimum absolute atomic E-state index is 0.247. The Morgan fingerprint density at radius 3 is 2.05 bits per heavy atom. The maximum Gasteiger partial charge on any atom is 0.335 e. The molecule has 2 aliphatic rings. The summed E-state index contributed by atoms with van der Waals surface area (Å²) in [6.45, 7) is 7.74. The third kappa shape index (κ3) is 5.82. The summed E-state index contributed by atoms with van der Waals surface area (Å²) in [6, 6.07) is 20.0. The summed E-state index contributed by atoms with van der Waals surface area (Å²) in [6.07, 6.45) is 2.95. The summed E-state index contributed by atoms with van der Waals surface area (Å²) < 4.78 is 0. The Bertz CT molecular complexity index is 1480. The van der Waals surface area contributed by atoms with E-state index in [4.69, 9.17) is 5.11 Å². The van der Waals surface area contributed by atoms with Gasteiger partial charge in [0, 0.05) is 44.1 Å². The first kappa shape index (κ1) is 26.9. The standard InChI is InChI=1S/C32H31N3O5/c1-2-29(36)33-26-11-14-28-24(19-26)7-8-25(30(28)21-3-5-22(6-4-21)31(37)38)20-34-15-17-35(18-16-34)27-12-9-23(10-13-27)32(39)40/h2-6,9-14,19H,1,7-8,15-18,20H2,(H,33,36)(H,37,38)(H,39,40). The first-order chi connectivity index (χ1) is 19.3. The van der Waals surface area contributed by atoms with E-state index < -0.39 is 11.9 Å². The normalized spacial score (nSPS) is 15.3. The van der Waals surface area contributed by atoms with Crippen LogP contribution in [0.15, 0.2) is 85.0 Å². The minimum atomic E-state index is -0.956. The van der Waals surface area contributed by atoms with Gasteiger partial charge in [0.15, 0.2) is 0 Å². The number of nitrogens with one attached hydrogen (secondary N) is 1. The minimum Gasteiger partial charge on any atom is -0.478 e. The molecule has 1 heterocycles. The van der Waals surface area contributed by atoms with Crippen LogP contribution in [0, 0.1) is 0 Å². The molecule has 3 N–H and O–H groups in total. The van der Waals surface area contributed by atoms with E-state index in [2.05, 4.69) is 21.7 Å². The van der Waals surface area contributed by atoms with Crippen LogP contribution in [-0.4, -0.2) is 65.7 Å². The zero-order valence-electron chi connectivity index (χ0n) is 22.1. The van der Waals surface area contributed by atoms with E-state index in [9.17, 15) is 19.5 Å². The van der Waals surface area contributed by atoms with Crippen LogP contribution < -0.4 is 10.2 Å². The number of nitrogens with zero attached hydrogens (tertiary/aromatic N) is 2. The molecule has 3 aromatic carbocycles. The van der Waals surface area contributed by atoms with E-state index in [1.165, 1.54) is 11.6 Å². The molecular weight excluding hydrogens is 506 g/mol. The number of carboxylic acid groups (broad SMARTS) is 2. The maximum atomic E-state index is 11.8. The number of piperazine rings is 1. The third-order valence-electron chi connectivity index (χ3n) is 7.56. The van der Waals surface area contributed by atoms with Gasteiger partial charge in [0.1, 0.15) is 0 Å². The molecule has 0 radical (unpaired) electrons. The van der Waals surface area contributed by atoms with Gasteiger partial charge in [-0.05, 0) is 95.3 Å². The third-order valence-corrected chi connectivity index (χ3v) is 7.56. The van der Waals surface area contributed by atoms with E-state index >= 15 is 0 Å². The smallest absolute Gasteiger partial charge is 0.335 e. The quantitative estimate of drug-likeness (QED) is 0.355. The Balaban J connectivity index is 1.39. The molecule has 0 atom stereocenters. The lowest BCUT2D eigenvalue weighted by molar-refractivity contribution is -0.111. The van der Waals surface area contributed by atoms with Crippen LogP contribution in [0.4, 0.5) is 11.4 Å². The number of carboxylic acids is 2. The predicted molar refractivity (Wildman–Crippen MR) is 155 cm³/mol. The Morgan fingerprint density at radius 1 is 0.825 bits per heavy atom. The van der Waals surface area contributed by atoms with E-state index in [0.29, 0.717) is 0 Å². The SMILES string of the molecule is C=CC(=O)Nc1ccc2c(c1)CCC(CN1CCN(c3ccc(C(=O)O)cc3)CC1)=C2c1ccc(C(=O)O)cc1. The molecule has 204 valence electrons. The van der Waals surface area contributed by atoms with Gasteiger partial charge in [-0.1, -0.05) is 24.8 Å². The van der Waals surface area contributed by atoms with Crippen LogP contribution in [0.2, 0.25) is 0 Å². The molecular formula is C32H31N3O5. The zero-order chi connectivity index (χ0) is 28.2. The highest BCUT2D eigenvalue weighted by atomic mass is 16.4. The lowest BCUT2D eigenvalue weighted by atomic mass is 9.81. The Kier molecular flexibility index (Phi) is 7.79. The second kappa shape index (κ2) is 11.6. The van der Waals surface area contributed by atoms with Crippen LogP contribution in [0.5, 0.6) is 0 Å². The predicted octanol–water partition coefficient (Wildman–Crippen LogP) is 4.78. The summed E-state index contributed by atoms with van der Waals surface area (Å²) in [4.78, 5) is 39.2. The Labute approximate surface area is 232 Å². The number of rotatable bonds is 8. The van der Waals surface area contributed by atoms with Crippen LogP contribution in [-0.2, 0) is 11.2 Å². The molecule has 1 saturated heterocycles. The van der Waals surface area contributed by atoms with Crippen LogP contribution in [0.3, 0.4) is 0 Å². The van der Waals surface area contributed by atoms with Crippen molar-refractivity contribution in [2.24, 2.45) is 0 Å². The van der Waals surface area contributed by atoms with Crippen molar-refractivity contribution in [3.8, 4) is 0 Å². The molecule has 5 rings (SSSR count). The average Bonchev–Trinajstić information content (AvgIpc) is 2.97. The number of hydrogen-bond donors (Lipinski definition) is 3. The summed E-state index contributed by atoms with van der Waals surface area (Å²) >= 11 is 0. The van der Waals surface area contributed by atoms with E-state index in [0.717, 1.165) is 79.2 Å². The van der Waals surface area contributed by atoms with Crippen molar-refractivity contribution < 1.29 is 24.6 Å². The van der Waals surface area contributed by atoms with Crippen molar-refractivity contribution in [3.05, 3.63) is 113 Å². The fourth-order valence-corrected chi connectivity index (χ4v) is 5.46. The van der Waals surface area contributed by atoms with Gasteiger partial charge in [-0.25, -0.2) is 9.59 Å². The molecule has 0 saturated carbocycles. The van der Waals surface area contributed by atoms with Crippen LogP contribution >= 0.6 is 0 Å². The molecule has 0 spiro atoms. The summed E-state index contributed by atoms with van der Waals surface area (Å²) in [5.74, 6) is -2.14. The summed E-state index contributed by atoms with van der Waals surface area (Å²) in [5.41, 5.74) is 7.90. The van der Waals surface area contributed by atoms with Gasteiger partial charge in [0.2, 0.25) is 5.91 Å². The van der Waals surface area contributed by atoms with Gasteiger partial charge in [-0.2, -0.15) is 0 Å². The fourth-order valence-electron chi connectivity index (χ4n) is 5.46. The highest BCUT2D eigenvalue weighted by molar-refractivity contribution is 5.99. The molecule has 0 bridgehead atoms.